The maximum Gasteiger partial charge on any atom is 0.310 e. The highest BCUT2D eigenvalue weighted by Crippen LogP contribution is 2.29. The molecule has 116 valence electrons. The van der Waals surface area contributed by atoms with Crippen molar-refractivity contribution in [3.05, 3.63) is 74.2 Å². The molecule has 0 unspecified atom stereocenters. The number of thiazole rings is 1. The molecule has 0 aliphatic rings. The lowest BCUT2D eigenvalue weighted by Gasteiger charge is -2.04. The first-order valence-corrected chi connectivity index (χ1v) is 8.37. The van der Waals surface area contributed by atoms with E-state index in [0.29, 0.717) is 0 Å². The van der Waals surface area contributed by atoms with Gasteiger partial charge in [0.1, 0.15) is 11.6 Å². The van der Waals surface area contributed by atoms with Gasteiger partial charge in [-0.2, -0.15) is 0 Å². The fourth-order valence-electron chi connectivity index (χ4n) is 2.01. The Balaban J connectivity index is 1.74. The van der Waals surface area contributed by atoms with Crippen molar-refractivity contribution in [2.24, 2.45) is 0 Å². The van der Waals surface area contributed by atoms with Crippen LogP contribution in [0, 0.1) is 10.1 Å². The first-order valence-electron chi connectivity index (χ1n) is 6.70. The zero-order chi connectivity index (χ0) is 16.2. The van der Waals surface area contributed by atoms with Gasteiger partial charge in [-0.25, -0.2) is 4.98 Å². The predicted molar refractivity (Wildman–Crippen MR) is 92.7 cm³/mol. The second kappa shape index (κ2) is 6.89. The number of hydrogen-bond donors (Lipinski definition) is 0. The van der Waals surface area contributed by atoms with Crippen LogP contribution in [-0.2, 0) is 6.61 Å². The number of nitro benzene ring substituents is 1. The normalized spacial score (nSPS) is 10.5. The minimum atomic E-state index is -0.455. The van der Waals surface area contributed by atoms with E-state index in [-0.39, 0.29) is 18.0 Å². The number of ether oxygens (including phenoxy) is 1. The molecule has 0 aliphatic carbocycles. The Morgan fingerprint density at radius 3 is 2.83 bits per heavy atom. The zero-order valence-electron chi connectivity index (χ0n) is 11.8. The van der Waals surface area contributed by atoms with E-state index >= 15 is 0 Å². The van der Waals surface area contributed by atoms with Crippen molar-refractivity contribution >= 4 is 33.0 Å². The summed E-state index contributed by atoms with van der Waals surface area (Å²) in [6.45, 7) is 0.190. The first-order chi connectivity index (χ1) is 11.1. The molecule has 7 heteroatoms. The number of nitro groups is 1. The largest absolute Gasteiger partial charge is 0.480 e. The number of hydrogen-bond acceptors (Lipinski definition) is 5. The molecule has 1 heterocycles. The summed E-state index contributed by atoms with van der Waals surface area (Å²) >= 11 is 4.95. The zero-order valence-corrected chi connectivity index (χ0v) is 14.2. The molecule has 23 heavy (non-hydrogen) atoms. The molecular weight excluding hydrogens is 380 g/mol. The third-order valence-corrected chi connectivity index (χ3v) is 4.49. The SMILES string of the molecule is O=[N+]([O-])c1ccccc1OCc1csc(-c2cccc(Br)c2)n1. The van der Waals surface area contributed by atoms with E-state index < -0.39 is 4.92 Å². The minimum Gasteiger partial charge on any atom is -0.480 e. The molecular formula is C16H11BrN2O3S. The average molecular weight is 391 g/mol. The van der Waals surface area contributed by atoms with Crippen LogP contribution < -0.4 is 4.74 Å². The van der Waals surface area contributed by atoms with Crippen LogP contribution in [0.15, 0.2) is 58.4 Å². The Morgan fingerprint density at radius 2 is 2.04 bits per heavy atom. The van der Waals surface area contributed by atoms with E-state index in [9.17, 15) is 10.1 Å². The molecule has 0 fully saturated rings. The van der Waals surface area contributed by atoms with Gasteiger partial charge in [-0.05, 0) is 18.2 Å². The van der Waals surface area contributed by atoms with E-state index in [2.05, 4.69) is 20.9 Å². The smallest absolute Gasteiger partial charge is 0.310 e. The third-order valence-electron chi connectivity index (χ3n) is 3.06. The standard InChI is InChI=1S/C16H11BrN2O3S/c17-12-5-3-4-11(8-12)16-18-13(10-23-16)9-22-15-7-2-1-6-14(15)19(20)21/h1-8,10H,9H2. The van der Waals surface area contributed by atoms with Crippen molar-refractivity contribution < 1.29 is 9.66 Å². The van der Waals surface area contributed by atoms with Crippen LogP contribution in [-0.4, -0.2) is 9.91 Å². The summed E-state index contributed by atoms with van der Waals surface area (Å²) in [6.07, 6.45) is 0. The lowest BCUT2D eigenvalue weighted by Crippen LogP contribution is -1.99. The number of benzene rings is 2. The van der Waals surface area contributed by atoms with Gasteiger partial charge in [0.05, 0.1) is 10.6 Å². The van der Waals surface area contributed by atoms with Gasteiger partial charge in [0.2, 0.25) is 0 Å². The van der Waals surface area contributed by atoms with E-state index in [0.717, 1.165) is 20.7 Å². The summed E-state index contributed by atoms with van der Waals surface area (Å²) in [6, 6.07) is 14.2. The summed E-state index contributed by atoms with van der Waals surface area (Å²) in [5.74, 6) is 0.245. The highest BCUT2D eigenvalue weighted by atomic mass is 79.9. The van der Waals surface area contributed by atoms with Crippen LogP contribution >= 0.6 is 27.3 Å². The summed E-state index contributed by atoms with van der Waals surface area (Å²) in [5, 5.41) is 13.7. The first kappa shape index (κ1) is 15.6. The van der Waals surface area contributed by atoms with Crippen molar-refractivity contribution in [2.45, 2.75) is 6.61 Å². The molecule has 0 saturated carbocycles. The molecule has 0 saturated heterocycles. The van der Waals surface area contributed by atoms with E-state index in [1.807, 2.05) is 29.6 Å². The summed E-state index contributed by atoms with van der Waals surface area (Å²) in [5.41, 5.74) is 1.71. The van der Waals surface area contributed by atoms with Crippen LogP contribution in [0.25, 0.3) is 10.6 Å². The van der Waals surface area contributed by atoms with Gasteiger partial charge in [-0.3, -0.25) is 10.1 Å². The summed E-state index contributed by atoms with van der Waals surface area (Å²) in [4.78, 5) is 15.0. The quantitative estimate of drug-likeness (QED) is 0.451. The highest BCUT2D eigenvalue weighted by molar-refractivity contribution is 9.10. The number of halogens is 1. The molecule has 2 aromatic carbocycles. The molecule has 0 N–H and O–H groups in total. The Labute approximate surface area is 144 Å². The van der Waals surface area contributed by atoms with Gasteiger partial charge >= 0.3 is 5.69 Å². The molecule has 0 spiro atoms. The van der Waals surface area contributed by atoms with Crippen molar-refractivity contribution in [1.82, 2.24) is 4.98 Å². The average Bonchev–Trinajstić information content (AvgIpc) is 3.02. The second-order valence-electron chi connectivity index (χ2n) is 4.67. The van der Waals surface area contributed by atoms with E-state index in [4.69, 9.17) is 4.74 Å². The predicted octanol–water partition coefficient (Wildman–Crippen LogP) is 5.06. The van der Waals surface area contributed by atoms with Gasteiger partial charge in [0.25, 0.3) is 0 Å². The Kier molecular flexibility index (Phi) is 4.68. The monoisotopic (exact) mass is 390 g/mol. The van der Waals surface area contributed by atoms with Gasteiger partial charge < -0.3 is 4.74 Å². The highest BCUT2D eigenvalue weighted by Gasteiger charge is 2.14. The Bertz CT molecular complexity index is 851. The maximum atomic E-state index is 11.0. The van der Waals surface area contributed by atoms with E-state index in [1.165, 1.54) is 17.4 Å². The molecule has 0 bridgehead atoms. The molecule has 3 aromatic rings. The van der Waals surface area contributed by atoms with Gasteiger partial charge in [-0.1, -0.05) is 40.2 Å². The molecule has 0 amide bonds. The minimum absolute atomic E-state index is 0.0463. The van der Waals surface area contributed by atoms with Crippen LogP contribution in [0.2, 0.25) is 0 Å². The molecule has 5 nitrogen and oxygen atoms in total. The number of rotatable bonds is 5. The Morgan fingerprint density at radius 1 is 1.22 bits per heavy atom. The van der Waals surface area contributed by atoms with Crippen LogP contribution in [0.5, 0.6) is 5.75 Å². The van der Waals surface area contributed by atoms with Crippen molar-refractivity contribution in [1.29, 1.82) is 0 Å². The number of nitrogens with zero attached hydrogens (tertiary/aromatic N) is 2. The third kappa shape index (κ3) is 3.75. The van der Waals surface area contributed by atoms with Crippen LogP contribution in [0.1, 0.15) is 5.69 Å². The molecule has 0 aliphatic heterocycles. The van der Waals surface area contributed by atoms with E-state index in [1.54, 1.807) is 18.2 Å². The van der Waals surface area contributed by atoms with Crippen molar-refractivity contribution in [3.8, 4) is 16.3 Å². The molecule has 0 radical (unpaired) electrons. The fourth-order valence-corrected chi connectivity index (χ4v) is 3.21. The van der Waals surface area contributed by atoms with Crippen LogP contribution in [0.4, 0.5) is 5.69 Å². The topological polar surface area (TPSA) is 65.3 Å². The summed E-state index contributed by atoms with van der Waals surface area (Å²) in [7, 11) is 0. The maximum absolute atomic E-state index is 11.0. The molecule has 3 rings (SSSR count). The van der Waals surface area contributed by atoms with Crippen LogP contribution in [0.3, 0.4) is 0 Å². The lowest BCUT2D eigenvalue weighted by molar-refractivity contribution is -0.385. The van der Waals surface area contributed by atoms with Gasteiger partial charge in [-0.15, -0.1) is 11.3 Å². The number of para-hydroxylation sites is 2. The number of aromatic nitrogens is 1. The molecule has 0 atom stereocenters. The van der Waals surface area contributed by atoms with Crippen molar-refractivity contribution in [2.75, 3.05) is 0 Å². The Hall–Kier alpha value is -2.25. The second-order valence-corrected chi connectivity index (χ2v) is 6.44. The fraction of sp³-hybridized carbons (Fsp3) is 0.0625. The van der Waals surface area contributed by atoms with Gasteiger partial charge in [0.15, 0.2) is 5.75 Å². The van der Waals surface area contributed by atoms with Crippen molar-refractivity contribution in [3.63, 3.8) is 0 Å². The molecule has 1 aromatic heterocycles. The summed E-state index contributed by atoms with van der Waals surface area (Å²) < 4.78 is 6.54. The van der Waals surface area contributed by atoms with Gasteiger partial charge in [0, 0.05) is 21.5 Å². The lowest BCUT2D eigenvalue weighted by atomic mass is 10.2.